The average Bonchev–Trinajstić information content (AvgIpc) is 2.43. The summed E-state index contributed by atoms with van der Waals surface area (Å²) in [4.78, 5) is 0. The van der Waals surface area contributed by atoms with E-state index < -0.39 is 0 Å². The lowest BCUT2D eigenvalue weighted by molar-refractivity contribution is 0.341. The topological polar surface area (TPSA) is 21.3 Å². The molecule has 0 bridgehead atoms. The monoisotopic (exact) mass is 273 g/mol. The summed E-state index contributed by atoms with van der Waals surface area (Å²) in [6, 6.07) is 12.7. The van der Waals surface area contributed by atoms with E-state index in [-0.39, 0.29) is 11.9 Å². The Hall–Kier alpha value is -2.03. The summed E-state index contributed by atoms with van der Waals surface area (Å²) in [7, 11) is 0. The van der Waals surface area contributed by atoms with Crippen molar-refractivity contribution in [3.8, 4) is 5.75 Å². The van der Waals surface area contributed by atoms with Gasteiger partial charge in [-0.15, -0.1) is 0 Å². The second kappa shape index (κ2) is 6.42. The maximum absolute atomic E-state index is 12.9. The first-order valence-corrected chi connectivity index (χ1v) is 6.85. The Kier molecular flexibility index (Phi) is 4.61. The van der Waals surface area contributed by atoms with Gasteiger partial charge in [-0.3, -0.25) is 0 Å². The van der Waals surface area contributed by atoms with Gasteiger partial charge in [0.15, 0.2) is 0 Å². The zero-order chi connectivity index (χ0) is 14.5. The molecule has 0 amide bonds. The normalized spacial score (nSPS) is 12.0. The van der Waals surface area contributed by atoms with Crippen LogP contribution in [-0.2, 0) is 0 Å². The summed E-state index contributed by atoms with van der Waals surface area (Å²) >= 11 is 0. The standard InChI is InChI=1S/C17H20FNO/c1-4-20-17-11-12(2)5-10-16(17)19-13(3)14-6-8-15(18)9-7-14/h5-11,13,19H,4H2,1-3H3. The molecule has 1 unspecified atom stereocenters. The maximum atomic E-state index is 12.9. The van der Waals surface area contributed by atoms with Crippen LogP contribution in [0.15, 0.2) is 42.5 Å². The molecule has 0 heterocycles. The Labute approximate surface area is 119 Å². The summed E-state index contributed by atoms with van der Waals surface area (Å²) in [6.45, 7) is 6.68. The lowest BCUT2D eigenvalue weighted by atomic mass is 10.1. The van der Waals surface area contributed by atoms with E-state index in [4.69, 9.17) is 4.74 Å². The minimum Gasteiger partial charge on any atom is -0.492 e. The van der Waals surface area contributed by atoms with Crippen LogP contribution in [0.25, 0.3) is 0 Å². The summed E-state index contributed by atoms with van der Waals surface area (Å²) in [5.74, 6) is 0.632. The van der Waals surface area contributed by atoms with Crippen LogP contribution in [0.3, 0.4) is 0 Å². The number of anilines is 1. The fourth-order valence-electron chi connectivity index (χ4n) is 2.09. The van der Waals surface area contributed by atoms with Crippen LogP contribution < -0.4 is 10.1 Å². The van der Waals surface area contributed by atoms with Gasteiger partial charge in [0.25, 0.3) is 0 Å². The highest BCUT2D eigenvalue weighted by Gasteiger charge is 2.09. The van der Waals surface area contributed by atoms with Crippen LogP contribution in [0, 0.1) is 12.7 Å². The molecule has 0 saturated carbocycles. The quantitative estimate of drug-likeness (QED) is 0.852. The van der Waals surface area contributed by atoms with Crippen LogP contribution in [0.2, 0.25) is 0 Å². The SMILES string of the molecule is CCOc1cc(C)ccc1NC(C)c1ccc(F)cc1. The van der Waals surface area contributed by atoms with Crippen molar-refractivity contribution < 1.29 is 9.13 Å². The Balaban J connectivity index is 2.18. The lowest BCUT2D eigenvalue weighted by Gasteiger charge is -2.19. The first-order valence-electron chi connectivity index (χ1n) is 6.85. The highest BCUT2D eigenvalue weighted by Crippen LogP contribution is 2.29. The van der Waals surface area contributed by atoms with Crippen molar-refractivity contribution >= 4 is 5.69 Å². The Morgan fingerprint density at radius 2 is 1.85 bits per heavy atom. The van der Waals surface area contributed by atoms with Crippen molar-refractivity contribution in [2.75, 3.05) is 11.9 Å². The Morgan fingerprint density at radius 1 is 1.15 bits per heavy atom. The average molecular weight is 273 g/mol. The van der Waals surface area contributed by atoms with E-state index in [2.05, 4.69) is 5.32 Å². The number of benzene rings is 2. The van der Waals surface area contributed by atoms with Crippen LogP contribution in [0.4, 0.5) is 10.1 Å². The highest BCUT2D eigenvalue weighted by molar-refractivity contribution is 5.58. The maximum Gasteiger partial charge on any atom is 0.142 e. The van der Waals surface area contributed by atoms with Gasteiger partial charge in [0, 0.05) is 6.04 Å². The van der Waals surface area contributed by atoms with Gasteiger partial charge in [-0.1, -0.05) is 18.2 Å². The van der Waals surface area contributed by atoms with Gasteiger partial charge in [-0.2, -0.15) is 0 Å². The summed E-state index contributed by atoms with van der Waals surface area (Å²) < 4.78 is 18.6. The molecule has 0 aliphatic heterocycles. The predicted octanol–water partition coefficient (Wildman–Crippen LogP) is 4.71. The smallest absolute Gasteiger partial charge is 0.142 e. The molecule has 106 valence electrons. The Morgan fingerprint density at radius 3 is 2.50 bits per heavy atom. The van der Waals surface area contributed by atoms with Gasteiger partial charge in [0.1, 0.15) is 11.6 Å². The molecule has 0 aliphatic rings. The third-order valence-corrected chi connectivity index (χ3v) is 3.18. The molecule has 2 rings (SSSR count). The number of hydrogen-bond acceptors (Lipinski definition) is 2. The van der Waals surface area contributed by atoms with Crippen molar-refractivity contribution in [3.05, 3.63) is 59.4 Å². The molecule has 20 heavy (non-hydrogen) atoms. The van der Waals surface area contributed by atoms with E-state index in [1.165, 1.54) is 12.1 Å². The number of rotatable bonds is 5. The fourth-order valence-corrected chi connectivity index (χ4v) is 2.09. The van der Waals surface area contributed by atoms with Gasteiger partial charge in [-0.05, 0) is 56.2 Å². The van der Waals surface area contributed by atoms with E-state index in [9.17, 15) is 4.39 Å². The number of hydrogen-bond donors (Lipinski definition) is 1. The van der Waals surface area contributed by atoms with E-state index in [1.54, 1.807) is 12.1 Å². The van der Waals surface area contributed by atoms with Crippen molar-refractivity contribution in [1.29, 1.82) is 0 Å². The van der Waals surface area contributed by atoms with Gasteiger partial charge in [0.05, 0.1) is 12.3 Å². The third-order valence-electron chi connectivity index (χ3n) is 3.18. The highest BCUT2D eigenvalue weighted by atomic mass is 19.1. The molecule has 3 heteroatoms. The molecule has 1 N–H and O–H groups in total. The van der Waals surface area contributed by atoms with Crippen molar-refractivity contribution in [1.82, 2.24) is 0 Å². The van der Waals surface area contributed by atoms with E-state index in [1.807, 2.05) is 39.0 Å². The van der Waals surface area contributed by atoms with Gasteiger partial charge in [-0.25, -0.2) is 4.39 Å². The second-order valence-corrected chi connectivity index (χ2v) is 4.85. The summed E-state index contributed by atoms with van der Waals surface area (Å²) in [6.07, 6.45) is 0. The number of ether oxygens (including phenoxy) is 1. The predicted molar refractivity (Wildman–Crippen MR) is 80.8 cm³/mol. The minimum atomic E-state index is -0.216. The first kappa shape index (κ1) is 14.4. The number of halogens is 1. The second-order valence-electron chi connectivity index (χ2n) is 4.85. The first-order chi connectivity index (χ1) is 9.60. The van der Waals surface area contributed by atoms with Crippen LogP contribution in [-0.4, -0.2) is 6.61 Å². The third kappa shape index (κ3) is 3.50. The minimum absolute atomic E-state index is 0.0810. The molecule has 0 aromatic heterocycles. The Bertz CT molecular complexity index is 566. The van der Waals surface area contributed by atoms with Gasteiger partial charge in [0.2, 0.25) is 0 Å². The zero-order valence-electron chi connectivity index (χ0n) is 12.1. The molecule has 0 spiro atoms. The van der Waals surface area contributed by atoms with E-state index >= 15 is 0 Å². The molecule has 2 aromatic carbocycles. The molecular weight excluding hydrogens is 253 g/mol. The molecule has 0 aliphatic carbocycles. The number of nitrogens with one attached hydrogen (secondary N) is 1. The molecule has 1 atom stereocenters. The molecule has 0 radical (unpaired) electrons. The lowest BCUT2D eigenvalue weighted by Crippen LogP contribution is -2.08. The molecule has 2 nitrogen and oxygen atoms in total. The van der Waals surface area contributed by atoms with E-state index in [0.717, 1.165) is 22.6 Å². The van der Waals surface area contributed by atoms with Crippen molar-refractivity contribution in [2.24, 2.45) is 0 Å². The summed E-state index contributed by atoms with van der Waals surface area (Å²) in [5.41, 5.74) is 3.15. The van der Waals surface area contributed by atoms with Crippen LogP contribution in [0.5, 0.6) is 5.75 Å². The molecular formula is C17H20FNO. The van der Waals surface area contributed by atoms with Crippen molar-refractivity contribution in [3.63, 3.8) is 0 Å². The molecule has 0 fully saturated rings. The number of aryl methyl sites for hydroxylation is 1. The zero-order valence-corrected chi connectivity index (χ0v) is 12.1. The largest absolute Gasteiger partial charge is 0.492 e. The van der Waals surface area contributed by atoms with Gasteiger partial charge < -0.3 is 10.1 Å². The fraction of sp³-hybridized carbons (Fsp3) is 0.294. The molecule has 2 aromatic rings. The van der Waals surface area contributed by atoms with Crippen LogP contribution >= 0.6 is 0 Å². The van der Waals surface area contributed by atoms with Crippen LogP contribution in [0.1, 0.15) is 31.0 Å². The molecule has 0 saturated heterocycles. The van der Waals surface area contributed by atoms with E-state index in [0.29, 0.717) is 6.61 Å². The van der Waals surface area contributed by atoms with Crippen molar-refractivity contribution in [2.45, 2.75) is 26.8 Å². The van der Waals surface area contributed by atoms with Gasteiger partial charge >= 0.3 is 0 Å². The summed E-state index contributed by atoms with van der Waals surface area (Å²) in [5, 5.41) is 3.41.